The van der Waals surface area contributed by atoms with Gasteiger partial charge in [0.15, 0.2) is 0 Å². The maximum absolute atomic E-state index is 12.0. The first kappa shape index (κ1) is 16.1. The average molecular weight is 303 g/mol. The number of rotatable bonds is 6. The standard InChI is InChI=1S/C15H20F3NO2/c16-15(17,18)21-14-6-4-11(5-7-14)8-19-9-12-2-1-3-13(12)10-20/h4-7,12-13,19-20H,1-3,8-10H2. The number of aliphatic hydroxyl groups is 1. The Morgan fingerprint density at radius 1 is 1.14 bits per heavy atom. The Hall–Kier alpha value is -1.27. The predicted molar refractivity (Wildman–Crippen MR) is 72.7 cm³/mol. The Morgan fingerprint density at radius 3 is 2.43 bits per heavy atom. The number of nitrogens with one attached hydrogen (secondary N) is 1. The summed E-state index contributed by atoms with van der Waals surface area (Å²) in [7, 11) is 0. The van der Waals surface area contributed by atoms with E-state index in [1.165, 1.54) is 12.1 Å². The quantitative estimate of drug-likeness (QED) is 0.848. The lowest BCUT2D eigenvalue weighted by atomic mass is 9.97. The van der Waals surface area contributed by atoms with Gasteiger partial charge >= 0.3 is 6.36 Å². The fourth-order valence-corrected chi connectivity index (χ4v) is 2.83. The molecule has 0 spiro atoms. The van der Waals surface area contributed by atoms with Gasteiger partial charge in [-0.15, -0.1) is 13.2 Å². The number of alkyl halides is 3. The Morgan fingerprint density at radius 2 is 1.81 bits per heavy atom. The van der Waals surface area contributed by atoms with Gasteiger partial charge in [-0.25, -0.2) is 0 Å². The van der Waals surface area contributed by atoms with E-state index in [1.807, 2.05) is 0 Å². The summed E-state index contributed by atoms with van der Waals surface area (Å²) in [6, 6.07) is 5.87. The number of benzene rings is 1. The van der Waals surface area contributed by atoms with E-state index in [9.17, 15) is 18.3 Å². The molecule has 0 radical (unpaired) electrons. The maximum atomic E-state index is 12.0. The van der Waals surface area contributed by atoms with Crippen LogP contribution in [0.5, 0.6) is 5.75 Å². The van der Waals surface area contributed by atoms with Crippen LogP contribution in [-0.2, 0) is 6.54 Å². The Balaban J connectivity index is 1.76. The van der Waals surface area contributed by atoms with Crippen molar-refractivity contribution in [3.8, 4) is 5.75 Å². The highest BCUT2D eigenvalue weighted by Crippen LogP contribution is 2.30. The van der Waals surface area contributed by atoms with Gasteiger partial charge < -0.3 is 15.2 Å². The molecule has 21 heavy (non-hydrogen) atoms. The van der Waals surface area contributed by atoms with Crippen molar-refractivity contribution in [2.45, 2.75) is 32.2 Å². The summed E-state index contributed by atoms with van der Waals surface area (Å²) < 4.78 is 39.9. The van der Waals surface area contributed by atoms with Crippen molar-refractivity contribution in [3.63, 3.8) is 0 Å². The first-order chi connectivity index (χ1) is 9.98. The van der Waals surface area contributed by atoms with Crippen molar-refractivity contribution in [1.82, 2.24) is 5.32 Å². The lowest BCUT2D eigenvalue weighted by molar-refractivity contribution is -0.274. The van der Waals surface area contributed by atoms with Crippen LogP contribution in [-0.4, -0.2) is 24.6 Å². The highest BCUT2D eigenvalue weighted by atomic mass is 19.4. The van der Waals surface area contributed by atoms with Gasteiger partial charge in [-0.1, -0.05) is 18.6 Å². The van der Waals surface area contributed by atoms with E-state index in [0.29, 0.717) is 18.4 Å². The van der Waals surface area contributed by atoms with Crippen LogP contribution in [0.2, 0.25) is 0 Å². The lowest BCUT2D eigenvalue weighted by Gasteiger charge is -2.18. The lowest BCUT2D eigenvalue weighted by Crippen LogP contribution is -2.26. The van der Waals surface area contributed by atoms with Crippen LogP contribution >= 0.6 is 0 Å². The molecular formula is C15H20F3NO2. The molecule has 2 unspecified atom stereocenters. The molecule has 0 aromatic heterocycles. The summed E-state index contributed by atoms with van der Waals surface area (Å²) >= 11 is 0. The maximum Gasteiger partial charge on any atom is 0.573 e. The third kappa shape index (κ3) is 5.21. The fraction of sp³-hybridized carbons (Fsp3) is 0.600. The van der Waals surface area contributed by atoms with Crippen LogP contribution in [0.15, 0.2) is 24.3 Å². The van der Waals surface area contributed by atoms with E-state index >= 15 is 0 Å². The molecule has 0 saturated heterocycles. The van der Waals surface area contributed by atoms with E-state index in [4.69, 9.17) is 0 Å². The molecule has 3 nitrogen and oxygen atoms in total. The van der Waals surface area contributed by atoms with Crippen molar-refractivity contribution in [2.24, 2.45) is 11.8 Å². The van der Waals surface area contributed by atoms with Gasteiger partial charge in [0, 0.05) is 13.2 Å². The minimum absolute atomic E-state index is 0.206. The van der Waals surface area contributed by atoms with E-state index < -0.39 is 6.36 Å². The van der Waals surface area contributed by atoms with Gasteiger partial charge in [-0.3, -0.25) is 0 Å². The number of ether oxygens (including phenoxy) is 1. The molecular weight excluding hydrogens is 283 g/mol. The van der Waals surface area contributed by atoms with Crippen molar-refractivity contribution in [2.75, 3.05) is 13.2 Å². The van der Waals surface area contributed by atoms with Gasteiger partial charge in [0.05, 0.1) is 0 Å². The SMILES string of the molecule is OCC1CCCC1CNCc1ccc(OC(F)(F)F)cc1. The molecule has 0 bridgehead atoms. The molecule has 1 saturated carbocycles. The van der Waals surface area contributed by atoms with Gasteiger partial charge in [-0.2, -0.15) is 0 Å². The highest BCUT2D eigenvalue weighted by molar-refractivity contribution is 5.27. The van der Waals surface area contributed by atoms with Crippen LogP contribution in [0.1, 0.15) is 24.8 Å². The van der Waals surface area contributed by atoms with Crippen LogP contribution in [0.4, 0.5) is 13.2 Å². The summed E-state index contributed by atoms with van der Waals surface area (Å²) in [5.41, 5.74) is 0.906. The summed E-state index contributed by atoms with van der Waals surface area (Å²) in [4.78, 5) is 0. The van der Waals surface area contributed by atoms with Crippen molar-refractivity contribution in [1.29, 1.82) is 0 Å². The number of halogens is 3. The molecule has 1 aliphatic carbocycles. The third-order valence-electron chi connectivity index (χ3n) is 3.94. The van der Waals surface area contributed by atoms with E-state index in [0.717, 1.165) is 31.4 Å². The van der Waals surface area contributed by atoms with E-state index in [2.05, 4.69) is 10.1 Å². The molecule has 1 aliphatic rings. The van der Waals surface area contributed by atoms with Gasteiger partial charge in [0.1, 0.15) is 5.75 Å². The largest absolute Gasteiger partial charge is 0.573 e. The first-order valence-electron chi connectivity index (χ1n) is 7.14. The Bertz CT molecular complexity index is 434. The molecule has 1 aromatic carbocycles. The second kappa shape index (κ2) is 7.13. The van der Waals surface area contributed by atoms with Gasteiger partial charge in [0.2, 0.25) is 0 Å². The molecule has 1 fully saturated rings. The third-order valence-corrected chi connectivity index (χ3v) is 3.94. The molecule has 0 aliphatic heterocycles. The Kier molecular flexibility index (Phi) is 5.47. The molecule has 118 valence electrons. The zero-order valence-corrected chi connectivity index (χ0v) is 11.7. The van der Waals surface area contributed by atoms with E-state index in [1.54, 1.807) is 12.1 Å². The molecule has 6 heteroatoms. The summed E-state index contributed by atoms with van der Waals surface area (Å²) in [6.45, 7) is 1.66. The molecule has 2 atom stereocenters. The summed E-state index contributed by atoms with van der Waals surface area (Å²) in [5.74, 6) is 0.658. The van der Waals surface area contributed by atoms with Gasteiger partial charge in [-0.05, 0) is 48.9 Å². The van der Waals surface area contributed by atoms with Crippen molar-refractivity contribution >= 4 is 0 Å². The number of hydrogen-bond donors (Lipinski definition) is 2. The van der Waals surface area contributed by atoms with Crippen molar-refractivity contribution in [3.05, 3.63) is 29.8 Å². The summed E-state index contributed by atoms with van der Waals surface area (Å²) in [6.07, 6.45) is -1.30. The average Bonchev–Trinajstić information content (AvgIpc) is 2.86. The van der Waals surface area contributed by atoms with E-state index in [-0.39, 0.29) is 12.4 Å². The van der Waals surface area contributed by atoms with Crippen LogP contribution in [0.25, 0.3) is 0 Å². The molecule has 0 amide bonds. The minimum Gasteiger partial charge on any atom is -0.406 e. The number of aliphatic hydroxyl groups excluding tert-OH is 1. The minimum atomic E-state index is -4.65. The Labute approximate surface area is 122 Å². The highest BCUT2D eigenvalue weighted by Gasteiger charge is 2.31. The van der Waals surface area contributed by atoms with Crippen LogP contribution in [0.3, 0.4) is 0 Å². The molecule has 2 N–H and O–H groups in total. The second-order valence-electron chi connectivity index (χ2n) is 5.46. The predicted octanol–water partition coefficient (Wildman–Crippen LogP) is 3.08. The van der Waals surface area contributed by atoms with Crippen LogP contribution < -0.4 is 10.1 Å². The normalized spacial score (nSPS) is 22.5. The molecule has 2 rings (SSSR count). The first-order valence-corrected chi connectivity index (χ1v) is 7.14. The topological polar surface area (TPSA) is 41.5 Å². The zero-order chi connectivity index (χ0) is 15.3. The van der Waals surface area contributed by atoms with Gasteiger partial charge in [0.25, 0.3) is 0 Å². The molecule has 1 aromatic rings. The number of hydrogen-bond acceptors (Lipinski definition) is 3. The molecule has 0 heterocycles. The monoisotopic (exact) mass is 303 g/mol. The van der Waals surface area contributed by atoms with Crippen molar-refractivity contribution < 1.29 is 23.0 Å². The van der Waals surface area contributed by atoms with Crippen LogP contribution in [0, 0.1) is 11.8 Å². The second-order valence-corrected chi connectivity index (χ2v) is 5.46. The summed E-state index contributed by atoms with van der Waals surface area (Å²) in [5, 5.41) is 12.5. The zero-order valence-electron chi connectivity index (χ0n) is 11.7. The smallest absolute Gasteiger partial charge is 0.406 e. The fourth-order valence-electron chi connectivity index (χ4n) is 2.83.